The van der Waals surface area contributed by atoms with E-state index in [9.17, 15) is 18.3 Å². The highest BCUT2D eigenvalue weighted by atomic mass is 32.2. The Labute approximate surface area is 125 Å². The summed E-state index contributed by atoms with van der Waals surface area (Å²) in [6.45, 7) is 1.59. The lowest BCUT2D eigenvalue weighted by atomic mass is 10.1. The maximum Gasteiger partial charge on any atom is 0.356 e. The van der Waals surface area contributed by atoms with Gasteiger partial charge in [0.25, 0.3) is 10.0 Å². The summed E-state index contributed by atoms with van der Waals surface area (Å²) in [7, 11) is -4.01. The maximum atomic E-state index is 12.2. The second-order valence-electron chi connectivity index (χ2n) is 4.23. The number of aromatic nitrogens is 1. The number of carboxylic acid groups (broad SMARTS) is 1. The van der Waals surface area contributed by atoms with Crippen molar-refractivity contribution in [3.63, 3.8) is 0 Å². The maximum absolute atomic E-state index is 12.2. The summed E-state index contributed by atoms with van der Waals surface area (Å²) in [5.41, 5.74) is 1.22. The van der Waals surface area contributed by atoms with Crippen LogP contribution in [0.1, 0.15) is 29.0 Å². The molecular formula is C12H12N2O5S2. The molecule has 112 valence electrons. The molecule has 0 spiro atoms. The van der Waals surface area contributed by atoms with E-state index in [2.05, 4.69) is 9.71 Å². The molecule has 2 aromatic rings. The first-order valence-corrected chi connectivity index (χ1v) is 8.15. The fourth-order valence-electron chi connectivity index (χ4n) is 1.72. The van der Waals surface area contributed by atoms with Gasteiger partial charge in [-0.1, -0.05) is 12.1 Å². The van der Waals surface area contributed by atoms with Crippen LogP contribution < -0.4 is 4.72 Å². The highest BCUT2D eigenvalue weighted by molar-refractivity contribution is 7.91. The van der Waals surface area contributed by atoms with Gasteiger partial charge >= 0.3 is 5.97 Å². The van der Waals surface area contributed by atoms with Crippen molar-refractivity contribution >= 4 is 27.3 Å². The Kier molecular flexibility index (Phi) is 4.26. The highest BCUT2D eigenvalue weighted by Gasteiger charge is 2.27. The van der Waals surface area contributed by atoms with Crippen LogP contribution in [0.5, 0.6) is 5.75 Å². The lowest BCUT2D eigenvalue weighted by molar-refractivity contribution is 0.0687. The lowest BCUT2D eigenvalue weighted by Crippen LogP contribution is -2.27. The molecule has 0 radical (unpaired) electrons. The van der Waals surface area contributed by atoms with Gasteiger partial charge in [-0.2, -0.15) is 0 Å². The van der Waals surface area contributed by atoms with Crippen LogP contribution in [0.25, 0.3) is 0 Å². The minimum atomic E-state index is -4.01. The monoisotopic (exact) mass is 328 g/mol. The third-order valence-corrected chi connectivity index (χ3v) is 5.59. The number of thiazole rings is 1. The second kappa shape index (κ2) is 5.80. The van der Waals surface area contributed by atoms with Crippen molar-refractivity contribution < 1.29 is 23.4 Å². The number of carbonyl (C=O) groups is 1. The molecule has 1 unspecified atom stereocenters. The molecule has 1 aromatic carbocycles. The lowest BCUT2D eigenvalue weighted by Gasteiger charge is -2.14. The second-order valence-corrected chi connectivity index (χ2v) is 7.00. The average molecular weight is 328 g/mol. The SMILES string of the molecule is CC(NS(=O)(=O)c1scnc1C(=O)O)c1cccc(O)c1. The molecule has 0 saturated heterocycles. The number of nitrogens with one attached hydrogen (secondary N) is 1. The van der Waals surface area contributed by atoms with Gasteiger partial charge in [-0.25, -0.2) is 22.9 Å². The topological polar surface area (TPSA) is 117 Å². The molecular weight excluding hydrogens is 316 g/mol. The summed E-state index contributed by atoms with van der Waals surface area (Å²) in [5.74, 6) is -1.39. The standard InChI is InChI=1S/C12H12N2O5S2/c1-7(8-3-2-4-9(15)5-8)14-21(18,19)12-10(11(16)17)13-6-20-12/h2-7,14-15H,1H3,(H,16,17). The van der Waals surface area contributed by atoms with Crippen molar-refractivity contribution in [2.75, 3.05) is 0 Å². The zero-order valence-corrected chi connectivity index (χ0v) is 12.5. The summed E-state index contributed by atoms with van der Waals surface area (Å²) in [6, 6.07) is 5.50. The van der Waals surface area contributed by atoms with E-state index in [1.54, 1.807) is 19.1 Å². The first-order valence-electron chi connectivity index (χ1n) is 5.79. The van der Waals surface area contributed by atoms with Gasteiger partial charge in [0.15, 0.2) is 9.90 Å². The number of sulfonamides is 1. The summed E-state index contributed by atoms with van der Waals surface area (Å²) in [5, 5.41) is 18.3. The fourth-order valence-corrected chi connectivity index (χ4v) is 4.11. The van der Waals surface area contributed by atoms with E-state index in [0.717, 1.165) is 16.8 Å². The Hall–Kier alpha value is -1.97. The smallest absolute Gasteiger partial charge is 0.356 e. The molecule has 1 atom stereocenters. The number of nitrogens with zero attached hydrogens (tertiary/aromatic N) is 1. The van der Waals surface area contributed by atoms with Crippen LogP contribution in [0.3, 0.4) is 0 Å². The van der Waals surface area contributed by atoms with E-state index in [4.69, 9.17) is 5.11 Å². The molecule has 0 amide bonds. The van der Waals surface area contributed by atoms with Crippen LogP contribution in [-0.4, -0.2) is 29.6 Å². The predicted octanol–water partition coefficient (Wildman–Crippen LogP) is 1.59. The summed E-state index contributed by atoms with van der Waals surface area (Å²) in [4.78, 5) is 14.5. The van der Waals surface area contributed by atoms with E-state index in [-0.39, 0.29) is 9.96 Å². The number of rotatable bonds is 5. The van der Waals surface area contributed by atoms with Gasteiger partial charge in [-0.15, -0.1) is 11.3 Å². The number of benzene rings is 1. The minimum absolute atomic E-state index is 0.0163. The predicted molar refractivity (Wildman–Crippen MR) is 75.9 cm³/mol. The van der Waals surface area contributed by atoms with Gasteiger partial charge < -0.3 is 10.2 Å². The number of phenolic OH excluding ortho intramolecular Hbond substituents is 1. The third-order valence-electron chi connectivity index (χ3n) is 2.68. The van der Waals surface area contributed by atoms with Crippen LogP contribution in [0.15, 0.2) is 34.0 Å². The van der Waals surface area contributed by atoms with Gasteiger partial charge in [0.2, 0.25) is 0 Å². The van der Waals surface area contributed by atoms with Crippen LogP contribution in [0.2, 0.25) is 0 Å². The number of hydrogen-bond donors (Lipinski definition) is 3. The molecule has 9 heteroatoms. The largest absolute Gasteiger partial charge is 0.508 e. The summed E-state index contributed by atoms with van der Waals surface area (Å²) in [6.07, 6.45) is 0. The fraction of sp³-hybridized carbons (Fsp3) is 0.167. The zero-order valence-electron chi connectivity index (χ0n) is 10.8. The van der Waals surface area contributed by atoms with Gasteiger partial charge in [-0.05, 0) is 24.6 Å². The van der Waals surface area contributed by atoms with E-state index in [1.165, 1.54) is 12.1 Å². The van der Waals surface area contributed by atoms with E-state index in [1.807, 2.05) is 0 Å². The highest BCUT2D eigenvalue weighted by Crippen LogP contribution is 2.24. The number of aromatic hydroxyl groups is 1. The van der Waals surface area contributed by atoms with Crippen molar-refractivity contribution in [2.45, 2.75) is 17.2 Å². The van der Waals surface area contributed by atoms with Crippen molar-refractivity contribution in [3.05, 3.63) is 41.0 Å². The molecule has 1 aromatic heterocycles. The van der Waals surface area contributed by atoms with Gasteiger partial charge in [0, 0.05) is 6.04 Å². The van der Waals surface area contributed by atoms with Crippen molar-refractivity contribution in [3.8, 4) is 5.75 Å². The minimum Gasteiger partial charge on any atom is -0.508 e. The molecule has 0 bridgehead atoms. The van der Waals surface area contributed by atoms with Crippen LogP contribution in [-0.2, 0) is 10.0 Å². The Balaban J connectivity index is 2.29. The van der Waals surface area contributed by atoms with Crippen LogP contribution >= 0.6 is 11.3 Å². The van der Waals surface area contributed by atoms with Crippen molar-refractivity contribution in [1.82, 2.24) is 9.71 Å². The molecule has 21 heavy (non-hydrogen) atoms. The Morgan fingerprint density at radius 2 is 2.14 bits per heavy atom. The molecule has 0 aliphatic heterocycles. The normalized spacial score (nSPS) is 13.0. The van der Waals surface area contributed by atoms with Crippen molar-refractivity contribution in [1.29, 1.82) is 0 Å². The first kappa shape index (κ1) is 15.4. The quantitative estimate of drug-likeness (QED) is 0.767. The number of carboxylic acids is 1. The van der Waals surface area contributed by atoms with Gasteiger partial charge in [0.05, 0.1) is 5.51 Å². The summed E-state index contributed by atoms with van der Waals surface area (Å²) >= 11 is 0.733. The van der Waals surface area contributed by atoms with Crippen LogP contribution in [0.4, 0.5) is 0 Å². The number of aromatic carboxylic acids is 1. The molecule has 3 N–H and O–H groups in total. The molecule has 0 aliphatic carbocycles. The molecule has 0 aliphatic rings. The number of phenols is 1. The Morgan fingerprint density at radius 1 is 1.43 bits per heavy atom. The zero-order chi connectivity index (χ0) is 15.6. The Morgan fingerprint density at radius 3 is 2.76 bits per heavy atom. The summed E-state index contributed by atoms with van der Waals surface area (Å²) < 4.78 is 26.5. The molecule has 7 nitrogen and oxygen atoms in total. The third kappa shape index (κ3) is 3.38. The van der Waals surface area contributed by atoms with Gasteiger partial charge in [0.1, 0.15) is 5.75 Å². The van der Waals surface area contributed by atoms with E-state index >= 15 is 0 Å². The number of hydrogen-bond acceptors (Lipinski definition) is 6. The Bertz CT molecular complexity index is 769. The van der Waals surface area contributed by atoms with E-state index < -0.39 is 27.7 Å². The first-order chi connectivity index (χ1) is 9.81. The molecule has 0 fully saturated rings. The van der Waals surface area contributed by atoms with E-state index in [0.29, 0.717) is 5.56 Å². The van der Waals surface area contributed by atoms with Crippen LogP contribution in [0, 0.1) is 0 Å². The van der Waals surface area contributed by atoms with Crippen molar-refractivity contribution in [2.24, 2.45) is 0 Å². The molecule has 1 heterocycles. The average Bonchev–Trinajstić information content (AvgIpc) is 2.88. The van der Waals surface area contributed by atoms with Gasteiger partial charge in [-0.3, -0.25) is 0 Å². The molecule has 2 rings (SSSR count). The molecule has 0 saturated carbocycles.